The third-order valence-electron chi connectivity index (χ3n) is 7.51. The van der Waals surface area contributed by atoms with Gasteiger partial charge in [-0.1, -0.05) is 25.5 Å². The summed E-state index contributed by atoms with van der Waals surface area (Å²) in [6.07, 6.45) is 7.26. The lowest BCUT2D eigenvalue weighted by Crippen LogP contribution is -2.57. The summed E-state index contributed by atoms with van der Waals surface area (Å²) in [5.41, 5.74) is 0.961. The van der Waals surface area contributed by atoms with Gasteiger partial charge in [0.1, 0.15) is 11.6 Å². The summed E-state index contributed by atoms with van der Waals surface area (Å²) in [7, 11) is 0. The second-order valence-corrected chi connectivity index (χ2v) is 8.62. The first kappa shape index (κ1) is 14.6. The van der Waals surface area contributed by atoms with Crippen molar-refractivity contribution in [1.82, 2.24) is 0 Å². The zero-order valence-electron chi connectivity index (χ0n) is 13.6. The Morgan fingerprint density at radius 2 is 1.91 bits per heavy atom. The molecule has 3 nitrogen and oxygen atoms in total. The minimum absolute atomic E-state index is 0.0316. The van der Waals surface area contributed by atoms with Crippen molar-refractivity contribution in [1.29, 1.82) is 0 Å². The molecule has 120 valence electrons. The molecule has 0 aromatic heterocycles. The van der Waals surface area contributed by atoms with E-state index in [2.05, 4.69) is 19.9 Å². The summed E-state index contributed by atoms with van der Waals surface area (Å²) in [6, 6.07) is 0. The van der Waals surface area contributed by atoms with Crippen molar-refractivity contribution in [2.75, 3.05) is 0 Å². The molecule has 4 aliphatic carbocycles. The molecule has 6 atom stereocenters. The quantitative estimate of drug-likeness (QED) is 0.700. The Morgan fingerprint density at radius 3 is 2.68 bits per heavy atom. The molecule has 0 aromatic carbocycles. The largest absolute Gasteiger partial charge is 0.393 e. The van der Waals surface area contributed by atoms with Crippen LogP contribution in [0.25, 0.3) is 0 Å². The van der Waals surface area contributed by atoms with Crippen LogP contribution in [0.1, 0.15) is 58.8 Å². The van der Waals surface area contributed by atoms with Gasteiger partial charge in [-0.25, -0.2) is 0 Å². The summed E-state index contributed by atoms with van der Waals surface area (Å²) in [5, 5.41) is 10.5. The van der Waals surface area contributed by atoms with E-state index >= 15 is 0 Å². The molecular weight excluding hydrogens is 276 g/mol. The monoisotopic (exact) mass is 302 g/mol. The number of ketones is 2. The minimum atomic E-state index is -0.336. The van der Waals surface area contributed by atoms with Crippen LogP contribution in [0.3, 0.4) is 0 Å². The Balaban J connectivity index is 1.77. The van der Waals surface area contributed by atoms with E-state index in [1.807, 2.05) is 0 Å². The Bertz CT molecular complexity index is 577. The van der Waals surface area contributed by atoms with Crippen molar-refractivity contribution < 1.29 is 14.7 Å². The Morgan fingerprint density at radius 1 is 1.14 bits per heavy atom. The van der Waals surface area contributed by atoms with E-state index in [-0.39, 0.29) is 28.8 Å². The highest BCUT2D eigenvalue weighted by molar-refractivity contribution is 5.87. The summed E-state index contributed by atoms with van der Waals surface area (Å²) in [6.45, 7) is 4.40. The number of carbonyl (C=O) groups is 2. The smallest absolute Gasteiger partial charge is 0.137 e. The van der Waals surface area contributed by atoms with Crippen LogP contribution in [0.15, 0.2) is 11.6 Å². The first-order valence-corrected chi connectivity index (χ1v) is 8.77. The van der Waals surface area contributed by atoms with Crippen molar-refractivity contribution in [3.63, 3.8) is 0 Å². The van der Waals surface area contributed by atoms with Crippen LogP contribution < -0.4 is 0 Å². The zero-order chi connectivity index (χ0) is 15.7. The molecule has 0 amide bonds. The predicted octanol–water partition coefficient (Wildman–Crippen LogP) is 3.06. The second kappa shape index (κ2) is 4.53. The van der Waals surface area contributed by atoms with Gasteiger partial charge in [0.25, 0.3) is 0 Å². The molecule has 0 heterocycles. The van der Waals surface area contributed by atoms with E-state index in [1.165, 1.54) is 5.57 Å². The van der Waals surface area contributed by atoms with E-state index < -0.39 is 0 Å². The zero-order valence-corrected chi connectivity index (χ0v) is 13.6. The molecule has 1 N–H and O–H groups in total. The van der Waals surface area contributed by atoms with Crippen molar-refractivity contribution in [2.45, 2.75) is 64.9 Å². The fraction of sp³-hybridized carbons (Fsp3) is 0.789. The second-order valence-electron chi connectivity index (χ2n) is 8.62. The minimum Gasteiger partial charge on any atom is -0.393 e. The highest BCUT2D eigenvalue weighted by atomic mass is 16.3. The molecule has 3 fully saturated rings. The van der Waals surface area contributed by atoms with Crippen LogP contribution in [0.4, 0.5) is 0 Å². The molecule has 0 spiro atoms. The van der Waals surface area contributed by atoms with Gasteiger partial charge in [-0.15, -0.1) is 0 Å². The van der Waals surface area contributed by atoms with Gasteiger partial charge in [-0.3, -0.25) is 9.59 Å². The van der Waals surface area contributed by atoms with Crippen LogP contribution in [-0.4, -0.2) is 22.8 Å². The van der Waals surface area contributed by atoms with Gasteiger partial charge in [0.2, 0.25) is 0 Å². The van der Waals surface area contributed by atoms with Gasteiger partial charge in [-0.2, -0.15) is 0 Å². The molecule has 3 heteroatoms. The predicted molar refractivity (Wildman–Crippen MR) is 83.1 cm³/mol. The summed E-state index contributed by atoms with van der Waals surface area (Å²) in [5.74, 6) is 1.45. The maximum absolute atomic E-state index is 13.0. The van der Waals surface area contributed by atoms with Crippen LogP contribution in [0, 0.1) is 28.6 Å². The summed E-state index contributed by atoms with van der Waals surface area (Å²) < 4.78 is 0. The number of aliphatic hydroxyl groups excluding tert-OH is 1. The van der Waals surface area contributed by atoms with Crippen molar-refractivity contribution >= 4 is 11.6 Å². The van der Waals surface area contributed by atoms with Gasteiger partial charge in [0.15, 0.2) is 0 Å². The van der Waals surface area contributed by atoms with Crippen LogP contribution in [0.5, 0.6) is 0 Å². The maximum Gasteiger partial charge on any atom is 0.137 e. The summed E-state index contributed by atoms with van der Waals surface area (Å²) in [4.78, 5) is 24.8. The van der Waals surface area contributed by atoms with Crippen molar-refractivity contribution in [3.05, 3.63) is 11.6 Å². The van der Waals surface area contributed by atoms with Crippen molar-refractivity contribution in [3.8, 4) is 0 Å². The average molecular weight is 302 g/mol. The lowest BCUT2D eigenvalue weighted by molar-refractivity contribution is -0.154. The van der Waals surface area contributed by atoms with Gasteiger partial charge < -0.3 is 5.11 Å². The first-order chi connectivity index (χ1) is 10.4. The molecule has 4 rings (SSSR count). The highest BCUT2D eigenvalue weighted by Gasteiger charge is 2.63. The van der Waals surface area contributed by atoms with Crippen LogP contribution >= 0.6 is 0 Å². The number of hydrogen-bond acceptors (Lipinski definition) is 3. The third kappa shape index (κ3) is 1.72. The molecule has 0 radical (unpaired) electrons. The molecular formula is C19H26O3. The lowest BCUT2D eigenvalue weighted by Gasteiger charge is -2.57. The number of allylic oxidation sites excluding steroid dienone is 2. The molecule has 4 aliphatic rings. The molecule has 0 aliphatic heterocycles. The molecule has 1 unspecified atom stereocenters. The van der Waals surface area contributed by atoms with E-state index in [0.29, 0.717) is 36.7 Å². The molecule has 22 heavy (non-hydrogen) atoms. The van der Waals surface area contributed by atoms with Crippen molar-refractivity contribution in [2.24, 2.45) is 28.6 Å². The maximum atomic E-state index is 13.0. The van der Waals surface area contributed by atoms with E-state index in [1.54, 1.807) is 0 Å². The fourth-order valence-corrected chi connectivity index (χ4v) is 6.47. The van der Waals surface area contributed by atoms with Crippen LogP contribution in [0.2, 0.25) is 0 Å². The highest BCUT2D eigenvalue weighted by Crippen LogP contribution is 2.65. The Labute approximate surface area is 132 Å². The number of carbonyl (C=O) groups excluding carboxylic acids is 2. The number of hydrogen-bond donors (Lipinski definition) is 1. The van der Waals surface area contributed by atoms with E-state index in [4.69, 9.17) is 0 Å². The van der Waals surface area contributed by atoms with Gasteiger partial charge >= 0.3 is 0 Å². The van der Waals surface area contributed by atoms with Crippen LogP contribution in [-0.2, 0) is 9.59 Å². The Kier molecular flexibility index (Phi) is 3.01. The molecule has 0 saturated heterocycles. The normalized spacial score (nSPS) is 51.0. The fourth-order valence-electron chi connectivity index (χ4n) is 6.47. The number of rotatable bonds is 0. The average Bonchev–Trinajstić information content (AvgIpc) is 2.75. The summed E-state index contributed by atoms with van der Waals surface area (Å²) >= 11 is 0. The lowest BCUT2D eigenvalue weighted by atomic mass is 9.45. The van der Waals surface area contributed by atoms with E-state index in [0.717, 1.165) is 25.7 Å². The number of Topliss-reactive ketones (excluding diaryl/α,β-unsaturated/α-hetero) is 2. The topological polar surface area (TPSA) is 54.4 Å². The van der Waals surface area contributed by atoms with Gasteiger partial charge in [0.05, 0.1) is 6.10 Å². The number of fused-ring (bicyclic) bond motifs is 5. The van der Waals surface area contributed by atoms with Gasteiger partial charge in [0, 0.05) is 30.6 Å². The van der Waals surface area contributed by atoms with Gasteiger partial charge in [-0.05, 0) is 42.9 Å². The molecule has 3 saturated carbocycles. The third-order valence-corrected chi connectivity index (χ3v) is 7.51. The molecule has 0 aromatic rings. The number of aliphatic hydroxyl groups is 1. The SMILES string of the molecule is C[C@@]12CC=C3CC(=O)CC[C@@H]3[C@H]1C(=O)C[C@]1(C)C(O)CC[C@@H]21. The first-order valence-electron chi connectivity index (χ1n) is 8.77. The molecule has 0 bridgehead atoms. The van der Waals surface area contributed by atoms with E-state index in [9.17, 15) is 14.7 Å². The Hall–Kier alpha value is -0.960. The standard InChI is InChI=1S/C19H26O3/c1-18-8-7-11-9-12(20)3-4-13(11)17(18)14(21)10-19(2)15(18)5-6-16(19)22/h7,13,15-17,22H,3-6,8-10H2,1-2H3/t13-,15-,16?,17-,18-,19-/m0/s1.